The number of methoxy groups -OCH3 is 2. The molecule has 0 aliphatic heterocycles. The van der Waals surface area contributed by atoms with Gasteiger partial charge in [0.25, 0.3) is 0 Å². The highest BCUT2D eigenvalue weighted by Crippen LogP contribution is 2.39. The van der Waals surface area contributed by atoms with E-state index in [9.17, 15) is 4.79 Å². The van der Waals surface area contributed by atoms with Crippen molar-refractivity contribution in [3.63, 3.8) is 0 Å². The molecule has 0 amide bonds. The molecule has 0 bridgehead atoms. The van der Waals surface area contributed by atoms with Crippen molar-refractivity contribution in [1.82, 2.24) is 15.0 Å². The van der Waals surface area contributed by atoms with Gasteiger partial charge in [0.1, 0.15) is 9.53 Å². The lowest BCUT2D eigenvalue weighted by Crippen LogP contribution is -2.08. The standard InChI is InChI=1S/C21H19N3O3S/c1-11-14(10-13-8-6-5-7-9-13)12(2)22-20-15(11)16-17(28-20)19(26-3)24-18(23-16)21(25)27-4/h5-9H,10H2,1-4H3. The number of pyridine rings is 1. The van der Waals surface area contributed by atoms with Gasteiger partial charge in [0.15, 0.2) is 0 Å². The van der Waals surface area contributed by atoms with Crippen LogP contribution in [0.5, 0.6) is 5.88 Å². The van der Waals surface area contributed by atoms with E-state index in [2.05, 4.69) is 29.0 Å². The first-order valence-electron chi connectivity index (χ1n) is 8.80. The number of thiophene rings is 1. The van der Waals surface area contributed by atoms with E-state index in [-0.39, 0.29) is 5.82 Å². The Hall–Kier alpha value is -3.06. The van der Waals surface area contributed by atoms with Gasteiger partial charge in [-0.1, -0.05) is 30.3 Å². The second kappa shape index (κ2) is 7.16. The van der Waals surface area contributed by atoms with Crippen LogP contribution in [0.2, 0.25) is 0 Å². The highest BCUT2D eigenvalue weighted by atomic mass is 32.1. The van der Waals surface area contributed by atoms with Crippen LogP contribution < -0.4 is 4.74 Å². The van der Waals surface area contributed by atoms with Gasteiger partial charge in [-0.25, -0.2) is 14.8 Å². The summed E-state index contributed by atoms with van der Waals surface area (Å²) < 4.78 is 11.0. The Bertz CT molecular complexity index is 1200. The first kappa shape index (κ1) is 18.3. The molecule has 0 unspecified atom stereocenters. The van der Waals surface area contributed by atoms with E-state index in [1.165, 1.54) is 31.1 Å². The van der Waals surface area contributed by atoms with Gasteiger partial charge in [-0.2, -0.15) is 4.98 Å². The molecule has 142 valence electrons. The van der Waals surface area contributed by atoms with E-state index in [0.717, 1.165) is 38.2 Å². The Morgan fingerprint density at radius 2 is 1.82 bits per heavy atom. The number of carbonyl (C=O) groups excluding carboxylic acids is 1. The van der Waals surface area contributed by atoms with Crippen LogP contribution in [-0.4, -0.2) is 35.1 Å². The minimum atomic E-state index is -0.596. The number of benzene rings is 1. The van der Waals surface area contributed by atoms with E-state index >= 15 is 0 Å². The zero-order valence-electron chi connectivity index (χ0n) is 16.1. The number of hydrogen-bond acceptors (Lipinski definition) is 7. The van der Waals surface area contributed by atoms with E-state index in [0.29, 0.717) is 11.4 Å². The minimum Gasteiger partial charge on any atom is -0.480 e. The molecule has 4 aromatic rings. The van der Waals surface area contributed by atoms with Gasteiger partial charge in [0, 0.05) is 11.1 Å². The summed E-state index contributed by atoms with van der Waals surface area (Å²) in [6, 6.07) is 10.3. The summed E-state index contributed by atoms with van der Waals surface area (Å²) in [5.41, 5.74) is 5.15. The van der Waals surface area contributed by atoms with Gasteiger partial charge in [-0.15, -0.1) is 11.3 Å². The Morgan fingerprint density at radius 3 is 2.50 bits per heavy atom. The van der Waals surface area contributed by atoms with E-state index in [1.54, 1.807) is 0 Å². The molecule has 0 aliphatic rings. The van der Waals surface area contributed by atoms with Crippen LogP contribution in [-0.2, 0) is 11.2 Å². The number of nitrogens with zero attached hydrogens (tertiary/aromatic N) is 3. The lowest BCUT2D eigenvalue weighted by Gasteiger charge is -2.11. The molecule has 0 fully saturated rings. The predicted octanol–water partition coefficient (Wildman–Crippen LogP) is 4.24. The highest BCUT2D eigenvalue weighted by Gasteiger charge is 2.22. The van der Waals surface area contributed by atoms with Crippen molar-refractivity contribution >= 4 is 37.7 Å². The third-order valence-electron chi connectivity index (χ3n) is 4.80. The van der Waals surface area contributed by atoms with Crippen molar-refractivity contribution in [2.45, 2.75) is 20.3 Å². The van der Waals surface area contributed by atoms with Gasteiger partial charge in [-0.05, 0) is 37.0 Å². The van der Waals surface area contributed by atoms with E-state index in [4.69, 9.17) is 14.5 Å². The molecule has 0 atom stereocenters. The Labute approximate surface area is 166 Å². The average molecular weight is 393 g/mol. The number of hydrogen-bond donors (Lipinski definition) is 0. The normalized spacial score (nSPS) is 11.1. The van der Waals surface area contributed by atoms with Crippen molar-refractivity contribution in [2.24, 2.45) is 0 Å². The fraction of sp³-hybridized carbons (Fsp3) is 0.238. The number of esters is 1. The highest BCUT2D eigenvalue weighted by molar-refractivity contribution is 7.25. The average Bonchev–Trinajstić information content (AvgIpc) is 3.08. The molecule has 0 aliphatic carbocycles. The van der Waals surface area contributed by atoms with E-state index in [1.807, 2.05) is 25.1 Å². The smallest absolute Gasteiger partial charge is 0.376 e. The molecule has 1 aromatic carbocycles. The summed E-state index contributed by atoms with van der Waals surface area (Å²) in [5.74, 6) is -0.257. The summed E-state index contributed by atoms with van der Waals surface area (Å²) in [6.45, 7) is 4.10. The Morgan fingerprint density at radius 1 is 1.07 bits per heavy atom. The van der Waals surface area contributed by atoms with Crippen molar-refractivity contribution in [1.29, 1.82) is 0 Å². The van der Waals surface area contributed by atoms with E-state index < -0.39 is 5.97 Å². The zero-order chi connectivity index (χ0) is 19.8. The van der Waals surface area contributed by atoms with Gasteiger partial charge in [0.05, 0.1) is 19.7 Å². The second-order valence-electron chi connectivity index (χ2n) is 6.47. The number of ether oxygens (including phenoxy) is 2. The maximum atomic E-state index is 12.0. The van der Waals surface area contributed by atoms with Crippen LogP contribution in [0, 0.1) is 13.8 Å². The predicted molar refractivity (Wildman–Crippen MR) is 109 cm³/mol. The number of aryl methyl sites for hydroxylation is 2. The SMILES string of the molecule is COC(=O)c1nc(OC)c2sc3nc(C)c(Cc4ccccc4)c(C)c3c2n1. The second-order valence-corrected chi connectivity index (χ2v) is 7.47. The molecule has 0 radical (unpaired) electrons. The van der Waals surface area contributed by atoms with Crippen LogP contribution in [0.25, 0.3) is 20.4 Å². The molecule has 3 aromatic heterocycles. The maximum Gasteiger partial charge on any atom is 0.376 e. The molecule has 7 heteroatoms. The van der Waals surface area contributed by atoms with Crippen LogP contribution in [0.3, 0.4) is 0 Å². The first-order chi connectivity index (χ1) is 13.5. The minimum absolute atomic E-state index is 0.0175. The van der Waals surface area contributed by atoms with Crippen LogP contribution in [0.1, 0.15) is 33.0 Å². The number of aromatic nitrogens is 3. The van der Waals surface area contributed by atoms with Crippen LogP contribution in [0.15, 0.2) is 30.3 Å². The number of rotatable bonds is 4. The van der Waals surface area contributed by atoms with Crippen LogP contribution in [0.4, 0.5) is 0 Å². The summed E-state index contributed by atoms with van der Waals surface area (Å²) in [5, 5.41) is 0.933. The van der Waals surface area contributed by atoms with Crippen molar-refractivity contribution in [2.75, 3.05) is 14.2 Å². The monoisotopic (exact) mass is 393 g/mol. The zero-order valence-corrected chi connectivity index (χ0v) is 16.9. The topological polar surface area (TPSA) is 74.2 Å². The molecular weight excluding hydrogens is 374 g/mol. The van der Waals surface area contributed by atoms with Gasteiger partial charge in [-0.3, -0.25) is 0 Å². The number of fused-ring (bicyclic) bond motifs is 3. The summed E-state index contributed by atoms with van der Waals surface area (Å²) >= 11 is 1.47. The fourth-order valence-corrected chi connectivity index (χ4v) is 4.57. The largest absolute Gasteiger partial charge is 0.480 e. The van der Waals surface area contributed by atoms with Crippen LogP contribution >= 0.6 is 11.3 Å². The Balaban J connectivity index is 2.00. The molecule has 28 heavy (non-hydrogen) atoms. The third kappa shape index (κ3) is 2.97. The summed E-state index contributed by atoms with van der Waals surface area (Å²) in [7, 11) is 2.84. The molecule has 3 heterocycles. The third-order valence-corrected chi connectivity index (χ3v) is 5.86. The molecule has 6 nitrogen and oxygen atoms in total. The molecule has 0 saturated carbocycles. The summed E-state index contributed by atoms with van der Waals surface area (Å²) in [6.07, 6.45) is 0.783. The lowest BCUT2D eigenvalue weighted by molar-refractivity contribution is 0.0586. The van der Waals surface area contributed by atoms with Gasteiger partial charge < -0.3 is 9.47 Å². The lowest BCUT2D eigenvalue weighted by atomic mass is 9.97. The van der Waals surface area contributed by atoms with Crippen molar-refractivity contribution < 1.29 is 14.3 Å². The van der Waals surface area contributed by atoms with Gasteiger partial charge >= 0.3 is 5.97 Å². The first-order valence-corrected chi connectivity index (χ1v) is 9.61. The molecule has 0 saturated heterocycles. The molecule has 0 spiro atoms. The van der Waals surface area contributed by atoms with Crippen molar-refractivity contribution in [3.8, 4) is 5.88 Å². The maximum absolute atomic E-state index is 12.0. The van der Waals surface area contributed by atoms with Crippen molar-refractivity contribution in [3.05, 3.63) is 58.5 Å². The van der Waals surface area contributed by atoms with Gasteiger partial charge in [0.2, 0.25) is 11.7 Å². The molecular formula is C21H19N3O3S. The molecule has 0 N–H and O–H groups in total. The quantitative estimate of drug-likeness (QED) is 0.483. The Kier molecular flexibility index (Phi) is 4.68. The number of carbonyl (C=O) groups is 1. The fourth-order valence-electron chi connectivity index (χ4n) is 3.38. The summed E-state index contributed by atoms with van der Waals surface area (Å²) in [4.78, 5) is 26.4. The molecule has 4 rings (SSSR count).